The number of carbonyl (C=O) groups excluding carboxylic acids is 1. The molecule has 3 nitrogen and oxygen atoms in total. The first-order valence-corrected chi connectivity index (χ1v) is 6.45. The van der Waals surface area contributed by atoms with Gasteiger partial charge in [0.1, 0.15) is 0 Å². The Kier molecular flexibility index (Phi) is 7.10. The smallest absolute Gasteiger partial charge is 0.226 e. The number of nitrogens with zero attached hydrogens (tertiary/aromatic N) is 1. The fourth-order valence-corrected chi connectivity index (χ4v) is 2.48. The summed E-state index contributed by atoms with van der Waals surface area (Å²) in [4.78, 5) is 14.1. The first-order chi connectivity index (χ1) is 7.43. The largest absolute Gasteiger partial charge is 0.342 e. The third kappa shape index (κ3) is 4.47. The molecule has 0 aromatic carbocycles. The lowest BCUT2D eigenvalue weighted by Gasteiger charge is -2.36. The lowest BCUT2D eigenvalue weighted by Crippen LogP contribution is -2.46. The molecule has 1 fully saturated rings. The molecule has 4 heteroatoms. The van der Waals surface area contributed by atoms with Crippen LogP contribution >= 0.6 is 12.4 Å². The van der Waals surface area contributed by atoms with Crippen LogP contribution in [0.25, 0.3) is 0 Å². The Labute approximate surface area is 112 Å². The van der Waals surface area contributed by atoms with Gasteiger partial charge in [-0.15, -0.1) is 12.4 Å². The number of nitrogens with two attached hydrogens (primary N) is 1. The van der Waals surface area contributed by atoms with Crippen molar-refractivity contribution in [2.45, 2.75) is 58.5 Å². The van der Waals surface area contributed by atoms with Crippen LogP contribution in [0.4, 0.5) is 0 Å². The SMILES string of the molecule is CC1CCCC(N(C)C(=O)C(C)C(C)N)C1.Cl. The molecule has 1 aliphatic rings. The van der Waals surface area contributed by atoms with Crippen LogP contribution in [0.1, 0.15) is 46.5 Å². The van der Waals surface area contributed by atoms with Gasteiger partial charge in [0.25, 0.3) is 0 Å². The highest BCUT2D eigenvalue weighted by Gasteiger charge is 2.28. The lowest BCUT2D eigenvalue weighted by molar-refractivity contribution is -0.137. The van der Waals surface area contributed by atoms with Crippen LogP contribution in [0.2, 0.25) is 0 Å². The zero-order chi connectivity index (χ0) is 12.3. The zero-order valence-corrected chi connectivity index (χ0v) is 12.3. The monoisotopic (exact) mass is 262 g/mol. The van der Waals surface area contributed by atoms with Gasteiger partial charge in [-0.25, -0.2) is 0 Å². The van der Waals surface area contributed by atoms with Gasteiger partial charge in [-0.3, -0.25) is 4.79 Å². The van der Waals surface area contributed by atoms with E-state index >= 15 is 0 Å². The van der Waals surface area contributed by atoms with Gasteiger partial charge in [0.2, 0.25) is 5.91 Å². The minimum Gasteiger partial charge on any atom is -0.342 e. The predicted octanol–water partition coefficient (Wildman–Crippen LogP) is 2.43. The quantitative estimate of drug-likeness (QED) is 0.849. The summed E-state index contributed by atoms with van der Waals surface area (Å²) in [5.74, 6) is 0.885. The normalized spacial score (nSPS) is 27.8. The summed E-state index contributed by atoms with van der Waals surface area (Å²) in [5, 5.41) is 0. The van der Waals surface area contributed by atoms with Crippen LogP contribution in [-0.2, 0) is 4.79 Å². The lowest BCUT2D eigenvalue weighted by atomic mass is 9.86. The van der Waals surface area contributed by atoms with E-state index in [2.05, 4.69) is 6.92 Å². The van der Waals surface area contributed by atoms with E-state index in [9.17, 15) is 4.79 Å². The average Bonchev–Trinajstić information content (AvgIpc) is 2.26. The van der Waals surface area contributed by atoms with E-state index in [1.165, 1.54) is 12.8 Å². The highest BCUT2D eigenvalue weighted by atomic mass is 35.5. The van der Waals surface area contributed by atoms with Crippen molar-refractivity contribution in [2.75, 3.05) is 7.05 Å². The van der Waals surface area contributed by atoms with E-state index in [0.717, 1.165) is 18.8 Å². The Balaban J connectivity index is 0.00000256. The van der Waals surface area contributed by atoms with E-state index in [-0.39, 0.29) is 30.3 Å². The summed E-state index contributed by atoms with van der Waals surface area (Å²) in [6.45, 7) is 6.11. The minimum atomic E-state index is -0.0674. The molecule has 4 unspecified atom stereocenters. The molecule has 2 N–H and O–H groups in total. The first kappa shape index (κ1) is 16.7. The number of amides is 1. The maximum atomic E-state index is 12.1. The van der Waals surface area contributed by atoms with Gasteiger partial charge in [0, 0.05) is 19.1 Å². The Morgan fingerprint density at radius 2 is 1.94 bits per heavy atom. The molecule has 0 heterocycles. The fraction of sp³-hybridized carbons (Fsp3) is 0.923. The molecule has 1 saturated carbocycles. The van der Waals surface area contributed by atoms with Crippen molar-refractivity contribution in [1.82, 2.24) is 4.90 Å². The van der Waals surface area contributed by atoms with Gasteiger partial charge in [0.05, 0.1) is 5.92 Å². The molecule has 4 atom stereocenters. The van der Waals surface area contributed by atoms with Crippen LogP contribution in [0.3, 0.4) is 0 Å². The number of hydrogen-bond donors (Lipinski definition) is 1. The summed E-state index contributed by atoms with van der Waals surface area (Å²) in [7, 11) is 1.93. The maximum Gasteiger partial charge on any atom is 0.226 e. The summed E-state index contributed by atoms with van der Waals surface area (Å²) in [6, 6.07) is 0.369. The van der Waals surface area contributed by atoms with Crippen LogP contribution in [0.5, 0.6) is 0 Å². The van der Waals surface area contributed by atoms with Gasteiger partial charge >= 0.3 is 0 Å². The Morgan fingerprint density at radius 3 is 2.41 bits per heavy atom. The van der Waals surface area contributed by atoms with Crippen molar-refractivity contribution in [3.8, 4) is 0 Å². The summed E-state index contributed by atoms with van der Waals surface area (Å²) in [5.41, 5.74) is 5.78. The predicted molar refractivity (Wildman–Crippen MR) is 74.3 cm³/mol. The molecule has 0 spiro atoms. The molecule has 102 valence electrons. The molecule has 0 saturated heterocycles. The highest BCUT2D eigenvalue weighted by molar-refractivity contribution is 5.85. The molecule has 17 heavy (non-hydrogen) atoms. The van der Waals surface area contributed by atoms with Crippen molar-refractivity contribution in [2.24, 2.45) is 17.6 Å². The molecule has 0 aliphatic heterocycles. The first-order valence-electron chi connectivity index (χ1n) is 6.45. The topological polar surface area (TPSA) is 46.3 Å². The zero-order valence-electron chi connectivity index (χ0n) is 11.5. The van der Waals surface area contributed by atoms with E-state index in [1.54, 1.807) is 0 Å². The van der Waals surface area contributed by atoms with Gasteiger partial charge in [-0.1, -0.05) is 26.7 Å². The van der Waals surface area contributed by atoms with Crippen LogP contribution < -0.4 is 5.73 Å². The molecule has 0 bridgehead atoms. The molecular weight excluding hydrogens is 236 g/mol. The average molecular weight is 263 g/mol. The maximum absolute atomic E-state index is 12.1. The van der Waals surface area contributed by atoms with Crippen LogP contribution in [-0.4, -0.2) is 29.9 Å². The third-order valence-corrected chi connectivity index (χ3v) is 3.98. The Morgan fingerprint density at radius 1 is 1.35 bits per heavy atom. The van der Waals surface area contributed by atoms with Crippen LogP contribution in [0.15, 0.2) is 0 Å². The second-order valence-corrected chi connectivity index (χ2v) is 5.52. The standard InChI is InChI=1S/C13H26N2O.ClH/c1-9-6-5-7-12(8-9)15(4)13(16)10(2)11(3)14;/h9-12H,5-8,14H2,1-4H3;1H. The van der Waals surface area contributed by atoms with E-state index in [0.29, 0.717) is 6.04 Å². The second-order valence-electron chi connectivity index (χ2n) is 5.52. The second kappa shape index (κ2) is 7.22. The molecule has 1 amide bonds. The van der Waals surface area contributed by atoms with Crippen molar-refractivity contribution in [3.63, 3.8) is 0 Å². The Bertz CT molecular complexity index is 246. The minimum absolute atomic E-state index is 0. The van der Waals surface area contributed by atoms with E-state index < -0.39 is 0 Å². The molecule has 1 rings (SSSR count). The van der Waals surface area contributed by atoms with Crippen molar-refractivity contribution in [3.05, 3.63) is 0 Å². The fourth-order valence-electron chi connectivity index (χ4n) is 2.48. The van der Waals surface area contributed by atoms with Gasteiger partial charge in [-0.2, -0.15) is 0 Å². The molecule has 0 radical (unpaired) electrons. The number of hydrogen-bond acceptors (Lipinski definition) is 2. The summed E-state index contributed by atoms with van der Waals surface area (Å²) in [6.07, 6.45) is 4.85. The number of halogens is 1. The van der Waals surface area contributed by atoms with Crippen molar-refractivity contribution < 1.29 is 4.79 Å². The van der Waals surface area contributed by atoms with E-state index in [4.69, 9.17) is 5.73 Å². The molecule has 0 aromatic rings. The van der Waals surface area contributed by atoms with Crippen molar-refractivity contribution >= 4 is 18.3 Å². The molecule has 1 aliphatic carbocycles. The summed E-state index contributed by atoms with van der Waals surface area (Å²) < 4.78 is 0. The number of rotatable bonds is 3. The van der Waals surface area contributed by atoms with Gasteiger partial charge < -0.3 is 10.6 Å². The molecule has 0 aromatic heterocycles. The summed E-state index contributed by atoms with van der Waals surface area (Å²) >= 11 is 0. The van der Waals surface area contributed by atoms with E-state index in [1.807, 2.05) is 25.8 Å². The molecular formula is C13H27ClN2O. The van der Waals surface area contributed by atoms with Gasteiger partial charge in [-0.05, 0) is 25.7 Å². The highest BCUT2D eigenvalue weighted by Crippen LogP contribution is 2.27. The number of carbonyl (C=O) groups is 1. The van der Waals surface area contributed by atoms with Gasteiger partial charge in [0.15, 0.2) is 0 Å². The Hall–Kier alpha value is -0.280. The third-order valence-electron chi connectivity index (χ3n) is 3.98. The van der Waals surface area contributed by atoms with Crippen molar-refractivity contribution in [1.29, 1.82) is 0 Å². The van der Waals surface area contributed by atoms with Crippen LogP contribution in [0, 0.1) is 11.8 Å².